The number of carbonyl (C=O) groups is 2. The molecule has 0 atom stereocenters. The number of benzene rings is 2. The van der Waals surface area contributed by atoms with Crippen molar-refractivity contribution in [1.29, 1.82) is 0 Å². The van der Waals surface area contributed by atoms with Crippen molar-refractivity contribution in [3.05, 3.63) is 58.1 Å². The molecular formula is C17H14ClN2O4S-. The Morgan fingerprint density at radius 3 is 2.56 bits per heavy atom. The molecule has 0 unspecified atom stereocenters. The van der Waals surface area contributed by atoms with Gasteiger partial charge in [0, 0.05) is 16.3 Å². The number of amides is 1. The Kier molecular flexibility index (Phi) is 5.95. The van der Waals surface area contributed by atoms with Crippen LogP contribution < -0.4 is 20.5 Å². The van der Waals surface area contributed by atoms with Crippen LogP contribution in [0.1, 0.15) is 26.3 Å². The van der Waals surface area contributed by atoms with E-state index in [1.807, 2.05) is 13.0 Å². The first-order chi connectivity index (χ1) is 11.8. The summed E-state index contributed by atoms with van der Waals surface area (Å²) < 4.78 is 5.24. The number of halogens is 1. The molecule has 2 N–H and O–H groups in total. The Balaban J connectivity index is 2.18. The van der Waals surface area contributed by atoms with Crippen molar-refractivity contribution in [3.8, 4) is 5.75 Å². The number of nitrogens with one attached hydrogen (secondary N) is 2. The van der Waals surface area contributed by atoms with Gasteiger partial charge in [0.1, 0.15) is 5.75 Å². The van der Waals surface area contributed by atoms with Crippen LogP contribution in [-0.2, 0) is 0 Å². The van der Waals surface area contributed by atoms with E-state index in [1.54, 1.807) is 12.1 Å². The average molecular weight is 378 g/mol. The largest absolute Gasteiger partial charge is 0.545 e. The molecule has 130 valence electrons. The van der Waals surface area contributed by atoms with Crippen LogP contribution in [0.4, 0.5) is 5.69 Å². The molecule has 0 aliphatic rings. The van der Waals surface area contributed by atoms with E-state index in [9.17, 15) is 14.7 Å². The molecule has 0 radical (unpaired) electrons. The third-order valence-electron chi connectivity index (χ3n) is 3.34. The van der Waals surface area contributed by atoms with Crippen molar-refractivity contribution in [2.24, 2.45) is 0 Å². The Morgan fingerprint density at radius 1 is 1.20 bits per heavy atom. The fourth-order valence-corrected chi connectivity index (χ4v) is 2.60. The molecule has 0 fully saturated rings. The first-order valence-corrected chi connectivity index (χ1v) is 7.89. The number of carbonyl (C=O) groups excluding carboxylic acids is 2. The van der Waals surface area contributed by atoms with Crippen LogP contribution in [0.5, 0.6) is 5.75 Å². The Bertz CT molecular complexity index is 855. The van der Waals surface area contributed by atoms with E-state index >= 15 is 0 Å². The molecule has 0 bridgehead atoms. The van der Waals surface area contributed by atoms with Gasteiger partial charge in [0.2, 0.25) is 0 Å². The number of aromatic carboxylic acids is 1. The van der Waals surface area contributed by atoms with E-state index < -0.39 is 11.9 Å². The highest BCUT2D eigenvalue weighted by molar-refractivity contribution is 7.80. The second-order valence-electron chi connectivity index (χ2n) is 5.04. The maximum absolute atomic E-state index is 12.4. The SMILES string of the molecule is COc1c(C)cccc1C(=O)NC(=S)Nc1ccc(Cl)cc1C(=O)[O-]. The van der Waals surface area contributed by atoms with Gasteiger partial charge in [-0.25, -0.2) is 0 Å². The molecule has 6 nitrogen and oxygen atoms in total. The summed E-state index contributed by atoms with van der Waals surface area (Å²) in [7, 11) is 1.47. The molecule has 0 aromatic heterocycles. The maximum Gasteiger partial charge on any atom is 0.261 e. The molecule has 0 aliphatic carbocycles. The zero-order chi connectivity index (χ0) is 18.6. The molecule has 0 saturated heterocycles. The number of ether oxygens (including phenoxy) is 1. The molecule has 0 spiro atoms. The number of carboxylic acid groups (broad SMARTS) is 1. The minimum atomic E-state index is -1.42. The number of aryl methyl sites for hydroxylation is 1. The fourth-order valence-electron chi connectivity index (χ4n) is 2.22. The molecule has 25 heavy (non-hydrogen) atoms. The highest BCUT2D eigenvalue weighted by atomic mass is 35.5. The predicted molar refractivity (Wildman–Crippen MR) is 97.2 cm³/mol. The topological polar surface area (TPSA) is 90.5 Å². The van der Waals surface area contributed by atoms with Crippen molar-refractivity contribution in [3.63, 3.8) is 0 Å². The van der Waals surface area contributed by atoms with Crippen molar-refractivity contribution in [1.82, 2.24) is 5.32 Å². The van der Waals surface area contributed by atoms with Gasteiger partial charge in [0.25, 0.3) is 5.91 Å². The first kappa shape index (κ1) is 18.7. The van der Waals surface area contributed by atoms with Gasteiger partial charge in [-0.3, -0.25) is 10.1 Å². The van der Waals surface area contributed by atoms with Crippen LogP contribution in [0.2, 0.25) is 5.02 Å². The van der Waals surface area contributed by atoms with Gasteiger partial charge in [0.05, 0.1) is 18.6 Å². The molecule has 8 heteroatoms. The van der Waals surface area contributed by atoms with Crippen LogP contribution in [-0.4, -0.2) is 24.1 Å². The Hall–Kier alpha value is -2.64. The van der Waals surface area contributed by atoms with E-state index in [0.717, 1.165) is 5.56 Å². The first-order valence-electron chi connectivity index (χ1n) is 7.10. The highest BCUT2D eigenvalue weighted by Gasteiger charge is 2.15. The average Bonchev–Trinajstić information content (AvgIpc) is 2.55. The summed E-state index contributed by atoms with van der Waals surface area (Å²) >= 11 is 10.8. The van der Waals surface area contributed by atoms with Crippen molar-refractivity contribution in [2.45, 2.75) is 6.92 Å². The highest BCUT2D eigenvalue weighted by Crippen LogP contribution is 2.23. The van der Waals surface area contributed by atoms with E-state index in [-0.39, 0.29) is 21.4 Å². The van der Waals surface area contributed by atoms with Crippen molar-refractivity contribution >= 4 is 46.5 Å². The number of rotatable bonds is 4. The lowest BCUT2D eigenvalue weighted by Crippen LogP contribution is -2.35. The molecule has 2 aromatic carbocycles. The summed E-state index contributed by atoms with van der Waals surface area (Å²) in [4.78, 5) is 23.5. The summed E-state index contributed by atoms with van der Waals surface area (Å²) in [5, 5.41) is 16.5. The molecule has 0 saturated carbocycles. The van der Waals surface area contributed by atoms with Crippen molar-refractivity contribution < 1.29 is 19.4 Å². The lowest BCUT2D eigenvalue weighted by molar-refractivity contribution is -0.254. The molecular weight excluding hydrogens is 364 g/mol. The van der Waals surface area contributed by atoms with Crippen LogP contribution in [0.3, 0.4) is 0 Å². The molecule has 1 amide bonds. The van der Waals surface area contributed by atoms with Crippen LogP contribution in [0, 0.1) is 6.92 Å². The minimum absolute atomic E-state index is 0.0709. The predicted octanol–water partition coefficient (Wildman–Crippen LogP) is 2.15. The summed E-state index contributed by atoms with van der Waals surface area (Å²) in [6.45, 7) is 1.81. The zero-order valence-electron chi connectivity index (χ0n) is 13.4. The number of para-hydroxylation sites is 1. The summed E-state index contributed by atoms with van der Waals surface area (Å²) in [6, 6.07) is 9.28. The number of methoxy groups -OCH3 is 1. The Labute approximate surface area is 154 Å². The standard InChI is InChI=1S/C17H15ClN2O4S/c1-9-4-3-5-11(14(9)24-2)15(21)20-17(25)19-13-7-6-10(18)8-12(13)16(22)23/h3-8H,1-2H3,(H,22,23)(H2,19,20,21,25)/p-1. The molecule has 2 rings (SSSR count). The van der Waals surface area contributed by atoms with E-state index in [1.165, 1.54) is 25.3 Å². The lowest BCUT2D eigenvalue weighted by Gasteiger charge is -2.15. The van der Waals surface area contributed by atoms with Gasteiger partial charge in [-0.2, -0.15) is 0 Å². The second-order valence-corrected chi connectivity index (χ2v) is 5.89. The van der Waals surface area contributed by atoms with Gasteiger partial charge in [-0.1, -0.05) is 23.7 Å². The molecule has 2 aromatic rings. The van der Waals surface area contributed by atoms with E-state index in [2.05, 4.69) is 10.6 Å². The minimum Gasteiger partial charge on any atom is -0.545 e. The third kappa shape index (κ3) is 4.46. The third-order valence-corrected chi connectivity index (χ3v) is 3.78. The molecule has 0 heterocycles. The number of anilines is 1. The van der Waals surface area contributed by atoms with Gasteiger partial charge in [-0.15, -0.1) is 0 Å². The number of carboxylic acids is 1. The summed E-state index contributed by atoms with van der Waals surface area (Å²) in [5.41, 5.74) is 1.09. The zero-order valence-corrected chi connectivity index (χ0v) is 15.0. The quantitative estimate of drug-likeness (QED) is 0.793. The number of hydrogen-bond donors (Lipinski definition) is 2. The molecule has 0 aliphatic heterocycles. The monoisotopic (exact) mass is 377 g/mol. The van der Waals surface area contributed by atoms with Crippen LogP contribution >= 0.6 is 23.8 Å². The van der Waals surface area contributed by atoms with E-state index in [4.69, 9.17) is 28.6 Å². The normalized spacial score (nSPS) is 10.0. The van der Waals surface area contributed by atoms with Crippen LogP contribution in [0.15, 0.2) is 36.4 Å². The Morgan fingerprint density at radius 2 is 1.92 bits per heavy atom. The van der Waals surface area contributed by atoms with Gasteiger partial charge < -0.3 is 20.0 Å². The summed E-state index contributed by atoms with van der Waals surface area (Å²) in [6.07, 6.45) is 0. The fraction of sp³-hybridized carbons (Fsp3) is 0.118. The van der Waals surface area contributed by atoms with E-state index in [0.29, 0.717) is 11.3 Å². The smallest absolute Gasteiger partial charge is 0.261 e. The maximum atomic E-state index is 12.4. The lowest BCUT2D eigenvalue weighted by atomic mass is 10.1. The summed E-state index contributed by atoms with van der Waals surface area (Å²) in [5.74, 6) is -1.47. The van der Waals surface area contributed by atoms with Gasteiger partial charge >= 0.3 is 0 Å². The van der Waals surface area contributed by atoms with Crippen molar-refractivity contribution in [2.75, 3.05) is 12.4 Å². The number of thiocarbonyl (C=S) groups is 1. The van der Waals surface area contributed by atoms with Gasteiger partial charge in [0.15, 0.2) is 5.11 Å². The number of hydrogen-bond acceptors (Lipinski definition) is 5. The van der Waals surface area contributed by atoms with Crippen LogP contribution in [0.25, 0.3) is 0 Å². The second kappa shape index (κ2) is 7.96. The van der Waals surface area contributed by atoms with Gasteiger partial charge in [-0.05, 0) is 49.0 Å².